The maximum absolute atomic E-state index is 5.10. The molecule has 172 valence electrons. The zero-order valence-electron chi connectivity index (χ0n) is 19.8. The van der Waals surface area contributed by atoms with E-state index in [1.54, 1.807) is 0 Å². The van der Waals surface area contributed by atoms with Crippen molar-refractivity contribution in [2.75, 3.05) is 0 Å². The van der Waals surface area contributed by atoms with Crippen LogP contribution in [0.3, 0.4) is 0 Å². The summed E-state index contributed by atoms with van der Waals surface area (Å²) in [5.41, 5.74) is 6.46. The second-order valence-corrected chi connectivity index (χ2v) is 10.5. The molecule has 0 saturated heterocycles. The molecule has 8 rings (SSSR count). The van der Waals surface area contributed by atoms with E-state index in [4.69, 9.17) is 9.97 Å². The van der Waals surface area contributed by atoms with Crippen LogP contribution in [0.4, 0.5) is 0 Å². The van der Waals surface area contributed by atoms with E-state index >= 15 is 0 Å². The Morgan fingerprint density at radius 2 is 1.24 bits per heavy atom. The van der Waals surface area contributed by atoms with Gasteiger partial charge in [-0.05, 0) is 28.6 Å². The van der Waals surface area contributed by atoms with Crippen molar-refractivity contribution in [1.82, 2.24) is 9.97 Å². The second kappa shape index (κ2) is 7.95. The number of pyridine rings is 2. The number of aromatic nitrogens is 2. The van der Waals surface area contributed by atoms with Gasteiger partial charge in [-0.15, -0.1) is 11.3 Å². The third kappa shape index (κ3) is 3.18. The van der Waals surface area contributed by atoms with E-state index in [-0.39, 0.29) is 0 Å². The molecule has 3 aromatic heterocycles. The highest BCUT2D eigenvalue weighted by molar-refractivity contribution is 7.26. The van der Waals surface area contributed by atoms with Gasteiger partial charge < -0.3 is 0 Å². The Balaban J connectivity index is 1.25. The Kier molecular flexibility index (Phi) is 4.42. The minimum absolute atomic E-state index is 0.944. The molecule has 0 atom stereocenters. The van der Waals surface area contributed by atoms with Gasteiger partial charge in [-0.1, -0.05) is 103 Å². The van der Waals surface area contributed by atoms with Crippen molar-refractivity contribution in [3.05, 3.63) is 121 Å². The summed E-state index contributed by atoms with van der Waals surface area (Å²) >= 11 is 1.87. The summed E-state index contributed by atoms with van der Waals surface area (Å²) in [6.45, 7) is 0. The summed E-state index contributed by atoms with van der Waals surface area (Å²) in [5.74, 6) is 0. The van der Waals surface area contributed by atoms with Gasteiger partial charge in [0.2, 0.25) is 0 Å². The van der Waals surface area contributed by atoms with Gasteiger partial charge in [-0.2, -0.15) is 0 Å². The first-order valence-corrected chi connectivity index (χ1v) is 13.2. The Morgan fingerprint density at radius 3 is 2.16 bits per heavy atom. The first kappa shape index (κ1) is 20.6. The molecule has 0 aliphatic carbocycles. The molecule has 2 nitrogen and oxygen atoms in total. The van der Waals surface area contributed by atoms with E-state index in [1.807, 2.05) is 17.5 Å². The Bertz CT molecular complexity index is 2140. The number of benzene rings is 5. The number of hydrogen-bond acceptors (Lipinski definition) is 3. The topological polar surface area (TPSA) is 25.8 Å². The quantitative estimate of drug-likeness (QED) is 0.226. The van der Waals surface area contributed by atoms with Crippen LogP contribution in [0.25, 0.3) is 75.1 Å². The Labute approximate surface area is 217 Å². The van der Waals surface area contributed by atoms with E-state index in [0.717, 1.165) is 38.4 Å². The van der Waals surface area contributed by atoms with Crippen LogP contribution in [0.15, 0.2) is 121 Å². The molecular weight excluding hydrogens is 468 g/mol. The molecule has 0 bridgehead atoms. The summed E-state index contributed by atoms with van der Waals surface area (Å²) < 4.78 is 2.67. The molecule has 0 N–H and O–H groups in total. The van der Waals surface area contributed by atoms with Gasteiger partial charge >= 0.3 is 0 Å². The maximum atomic E-state index is 5.10. The molecule has 0 fully saturated rings. The molecule has 0 saturated carbocycles. The molecule has 0 amide bonds. The Morgan fingerprint density at radius 1 is 0.486 bits per heavy atom. The minimum atomic E-state index is 0.944. The lowest BCUT2D eigenvalue weighted by atomic mass is 10.00. The molecule has 3 heteroatoms. The van der Waals surface area contributed by atoms with Crippen molar-refractivity contribution in [2.45, 2.75) is 0 Å². The fourth-order valence-electron chi connectivity index (χ4n) is 5.47. The summed E-state index contributed by atoms with van der Waals surface area (Å²) in [6.07, 6.45) is 1.95. The highest BCUT2D eigenvalue weighted by atomic mass is 32.1. The minimum Gasteiger partial charge on any atom is -0.253 e. The van der Waals surface area contributed by atoms with Gasteiger partial charge in [-0.25, -0.2) is 4.98 Å². The lowest BCUT2D eigenvalue weighted by Crippen LogP contribution is -1.90. The largest absolute Gasteiger partial charge is 0.253 e. The van der Waals surface area contributed by atoms with Crippen molar-refractivity contribution in [3.8, 4) is 22.4 Å². The molecule has 0 unspecified atom stereocenters. The highest BCUT2D eigenvalue weighted by Gasteiger charge is 2.12. The summed E-state index contributed by atoms with van der Waals surface area (Å²) in [6, 6.07) is 41.1. The van der Waals surface area contributed by atoms with Gasteiger partial charge in [-0.3, -0.25) is 4.98 Å². The van der Waals surface area contributed by atoms with Crippen molar-refractivity contribution < 1.29 is 0 Å². The van der Waals surface area contributed by atoms with E-state index in [1.165, 1.54) is 36.7 Å². The fraction of sp³-hybridized carbons (Fsp3) is 0. The van der Waals surface area contributed by atoms with Crippen molar-refractivity contribution in [1.29, 1.82) is 0 Å². The summed E-state index contributed by atoms with van der Waals surface area (Å²) in [5, 5.41) is 7.26. The Hall–Kier alpha value is -4.60. The van der Waals surface area contributed by atoms with Crippen LogP contribution >= 0.6 is 11.3 Å². The van der Waals surface area contributed by atoms with E-state index in [2.05, 4.69) is 115 Å². The van der Waals surface area contributed by atoms with Crippen LogP contribution in [-0.4, -0.2) is 9.97 Å². The van der Waals surface area contributed by atoms with Crippen LogP contribution in [-0.2, 0) is 0 Å². The van der Waals surface area contributed by atoms with Crippen LogP contribution in [0.2, 0.25) is 0 Å². The smallest absolute Gasteiger partial charge is 0.0972 e. The number of hydrogen-bond donors (Lipinski definition) is 0. The standard InChI is InChI=1S/C34H20N2S/c1-2-7-25-24(6-1)20-35-33-28(25)18-16-23-17-19-30(36-32(23)33)22-14-12-21(13-15-22)26-9-5-10-29-27-8-3-4-11-31(27)37-34(26)29/h1-20H. The zero-order chi connectivity index (χ0) is 24.3. The molecule has 37 heavy (non-hydrogen) atoms. The van der Waals surface area contributed by atoms with Crippen LogP contribution in [0.1, 0.15) is 0 Å². The van der Waals surface area contributed by atoms with Crippen LogP contribution in [0.5, 0.6) is 0 Å². The SMILES string of the molecule is c1ccc2c(c1)cnc1c2ccc2ccc(-c3ccc(-c4cccc5c4sc4ccccc45)cc3)nc21. The highest BCUT2D eigenvalue weighted by Crippen LogP contribution is 2.40. The monoisotopic (exact) mass is 488 g/mol. The predicted molar refractivity (Wildman–Crippen MR) is 158 cm³/mol. The summed E-state index contributed by atoms with van der Waals surface area (Å²) in [4.78, 5) is 9.91. The number of rotatable bonds is 2. The third-order valence-corrected chi connectivity index (χ3v) is 8.53. The maximum Gasteiger partial charge on any atom is 0.0972 e. The van der Waals surface area contributed by atoms with Gasteiger partial charge in [0, 0.05) is 48.1 Å². The average Bonchev–Trinajstić information content (AvgIpc) is 3.36. The van der Waals surface area contributed by atoms with Crippen molar-refractivity contribution in [2.24, 2.45) is 0 Å². The summed E-state index contributed by atoms with van der Waals surface area (Å²) in [7, 11) is 0. The third-order valence-electron chi connectivity index (χ3n) is 7.32. The normalized spacial score (nSPS) is 11.8. The molecule has 8 aromatic rings. The van der Waals surface area contributed by atoms with Gasteiger partial charge in [0.25, 0.3) is 0 Å². The van der Waals surface area contributed by atoms with E-state index in [9.17, 15) is 0 Å². The first-order valence-electron chi connectivity index (χ1n) is 12.4. The molecule has 5 aromatic carbocycles. The number of fused-ring (bicyclic) bond motifs is 8. The number of nitrogens with zero attached hydrogens (tertiary/aromatic N) is 2. The van der Waals surface area contributed by atoms with Gasteiger partial charge in [0.1, 0.15) is 0 Å². The molecule has 0 radical (unpaired) electrons. The number of thiophene rings is 1. The zero-order valence-corrected chi connectivity index (χ0v) is 20.7. The molecular formula is C34H20N2S. The fourth-order valence-corrected chi connectivity index (χ4v) is 6.70. The molecule has 0 aliphatic heterocycles. The van der Waals surface area contributed by atoms with E-state index < -0.39 is 0 Å². The molecule has 3 heterocycles. The average molecular weight is 489 g/mol. The van der Waals surface area contributed by atoms with Crippen molar-refractivity contribution >= 4 is 64.1 Å². The first-order chi connectivity index (χ1) is 18.3. The van der Waals surface area contributed by atoms with Crippen molar-refractivity contribution in [3.63, 3.8) is 0 Å². The molecule has 0 spiro atoms. The van der Waals surface area contributed by atoms with Gasteiger partial charge in [0.15, 0.2) is 0 Å². The molecule has 0 aliphatic rings. The van der Waals surface area contributed by atoms with E-state index in [0.29, 0.717) is 0 Å². The lowest BCUT2D eigenvalue weighted by Gasteiger charge is -2.09. The predicted octanol–water partition coefficient (Wildman–Crippen LogP) is 9.64. The van der Waals surface area contributed by atoms with Gasteiger partial charge in [0.05, 0.1) is 16.7 Å². The van der Waals surface area contributed by atoms with Crippen LogP contribution < -0.4 is 0 Å². The van der Waals surface area contributed by atoms with Crippen LogP contribution in [0, 0.1) is 0 Å². The second-order valence-electron chi connectivity index (χ2n) is 9.43. The lowest BCUT2D eigenvalue weighted by molar-refractivity contribution is 1.38.